The summed E-state index contributed by atoms with van der Waals surface area (Å²) in [5.74, 6) is 1.02. The van der Waals surface area contributed by atoms with Gasteiger partial charge in [-0.1, -0.05) is 35.9 Å². The number of allylic oxidation sites excluding steroid dienone is 1. The predicted molar refractivity (Wildman–Crippen MR) is 133 cm³/mol. The summed E-state index contributed by atoms with van der Waals surface area (Å²) in [4.78, 5) is 20.4. The van der Waals surface area contributed by atoms with Crippen LogP contribution in [0, 0.1) is 5.92 Å². The van der Waals surface area contributed by atoms with Crippen LogP contribution in [0.4, 0.5) is 0 Å². The summed E-state index contributed by atoms with van der Waals surface area (Å²) in [6.45, 7) is 5.29. The summed E-state index contributed by atoms with van der Waals surface area (Å²) >= 11 is 0. The lowest BCUT2D eigenvalue weighted by molar-refractivity contribution is -0.131. The molecule has 0 N–H and O–H groups in total. The molecular weight excluding hydrogens is 394 g/mol. The maximum absolute atomic E-state index is 13.2. The van der Waals surface area contributed by atoms with Crippen molar-refractivity contribution in [2.24, 2.45) is 5.92 Å². The molecule has 4 heteroatoms. The Morgan fingerprint density at radius 1 is 1.03 bits per heavy atom. The summed E-state index contributed by atoms with van der Waals surface area (Å²) in [6.07, 6.45) is 13.8. The summed E-state index contributed by atoms with van der Waals surface area (Å²) in [5, 5.41) is 0. The molecule has 1 amide bonds. The van der Waals surface area contributed by atoms with Crippen molar-refractivity contribution in [1.29, 1.82) is 0 Å². The minimum atomic E-state index is 0.366. The van der Waals surface area contributed by atoms with E-state index in [0.29, 0.717) is 24.3 Å². The van der Waals surface area contributed by atoms with Gasteiger partial charge in [0.15, 0.2) is 0 Å². The first-order valence-electron chi connectivity index (χ1n) is 13.0. The van der Waals surface area contributed by atoms with Crippen LogP contribution in [0.15, 0.2) is 35.9 Å². The van der Waals surface area contributed by atoms with Gasteiger partial charge in [0.25, 0.3) is 0 Å². The number of rotatable bonds is 9. The summed E-state index contributed by atoms with van der Waals surface area (Å²) in [6, 6.07) is 9.66. The van der Waals surface area contributed by atoms with Crippen molar-refractivity contribution in [1.82, 2.24) is 14.7 Å². The molecule has 4 nitrogen and oxygen atoms in total. The molecule has 1 fully saturated rings. The zero-order valence-electron chi connectivity index (χ0n) is 20.4. The van der Waals surface area contributed by atoms with E-state index >= 15 is 0 Å². The molecule has 176 valence electrons. The third-order valence-electron chi connectivity index (χ3n) is 7.82. The minimum Gasteiger partial charge on any atom is -0.342 e. The van der Waals surface area contributed by atoms with E-state index in [-0.39, 0.29) is 0 Å². The van der Waals surface area contributed by atoms with Crippen LogP contribution in [0.1, 0.15) is 62.5 Å². The molecular formula is C28H43N3O. The highest BCUT2D eigenvalue weighted by atomic mass is 16.2. The molecule has 1 heterocycles. The summed E-state index contributed by atoms with van der Waals surface area (Å²) in [5.41, 5.74) is 4.48. The monoisotopic (exact) mass is 437 g/mol. The van der Waals surface area contributed by atoms with Crippen molar-refractivity contribution < 1.29 is 4.79 Å². The van der Waals surface area contributed by atoms with Crippen LogP contribution >= 0.6 is 0 Å². The van der Waals surface area contributed by atoms with Crippen molar-refractivity contribution in [2.75, 3.05) is 46.8 Å². The summed E-state index contributed by atoms with van der Waals surface area (Å²) < 4.78 is 0. The smallest absolute Gasteiger partial charge is 0.226 e. The van der Waals surface area contributed by atoms with E-state index in [1.807, 2.05) is 0 Å². The molecule has 1 aromatic carbocycles. The van der Waals surface area contributed by atoms with Crippen molar-refractivity contribution >= 4 is 5.91 Å². The average molecular weight is 438 g/mol. The third-order valence-corrected chi connectivity index (χ3v) is 7.82. The van der Waals surface area contributed by atoms with Gasteiger partial charge in [0.2, 0.25) is 5.91 Å². The number of carbonyl (C=O) groups excluding carboxylic acids is 1. The fourth-order valence-electron chi connectivity index (χ4n) is 5.87. The normalized spacial score (nSPS) is 20.4. The van der Waals surface area contributed by atoms with Gasteiger partial charge in [0.1, 0.15) is 0 Å². The number of amides is 1. The van der Waals surface area contributed by atoms with Crippen LogP contribution in [-0.4, -0.2) is 73.5 Å². The van der Waals surface area contributed by atoms with Crippen LogP contribution in [0.3, 0.4) is 0 Å². The van der Waals surface area contributed by atoms with E-state index in [0.717, 1.165) is 38.9 Å². The van der Waals surface area contributed by atoms with Gasteiger partial charge in [-0.05, 0) is 109 Å². The Balaban J connectivity index is 1.28. The number of likely N-dealkylation sites (tertiary alicyclic amines) is 1. The SMILES string of the molecule is CN(C)CCCN(CC1CCN(C2Cc3ccccc3C2)CC1)C(=O)CC1=CCCCC1. The second-order valence-corrected chi connectivity index (χ2v) is 10.6. The highest BCUT2D eigenvalue weighted by Crippen LogP contribution is 2.29. The average Bonchev–Trinajstić information content (AvgIpc) is 3.23. The highest BCUT2D eigenvalue weighted by molar-refractivity contribution is 5.78. The maximum Gasteiger partial charge on any atom is 0.226 e. The molecule has 0 unspecified atom stereocenters. The summed E-state index contributed by atoms with van der Waals surface area (Å²) in [7, 11) is 4.24. The molecule has 0 spiro atoms. The van der Waals surface area contributed by atoms with Gasteiger partial charge in [0, 0.05) is 25.6 Å². The van der Waals surface area contributed by atoms with Gasteiger partial charge in [-0.15, -0.1) is 0 Å². The predicted octanol–water partition coefficient (Wildman–Crippen LogP) is 4.54. The van der Waals surface area contributed by atoms with Gasteiger partial charge in [-0.3, -0.25) is 9.69 Å². The second kappa shape index (κ2) is 11.5. The Bertz CT molecular complexity index is 754. The van der Waals surface area contributed by atoms with Crippen LogP contribution in [0.25, 0.3) is 0 Å². The van der Waals surface area contributed by atoms with Crippen molar-refractivity contribution in [3.05, 3.63) is 47.0 Å². The van der Waals surface area contributed by atoms with E-state index in [2.05, 4.69) is 59.1 Å². The molecule has 2 aliphatic carbocycles. The molecule has 4 rings (SSSR count). The van der Waals surface area contributed by atoms with Gasteiger partial charge in [-0.25, -0.2) is 0 Å². The fourth-order valence-corrected chi connectivity index (χ4v) is 5.87. The Morgan fingerprint density at radius 3 is 2.38 bits per heavy atom. The molecule has 0 bridgehead atoms. The van der Waals surface area contributed by atoms with Crippen LogP contribution in [-0.2, 0) is 17.6 Å². The number of hydrogen-bond donors (Lipinski definition) is 0. The molecule has 1 aliphatic heterocycles. The Kier molecular flexibility index (Phi) is 8.43. The van der Waals surface area contributed by atoms with E-state index in [1.165, 1.54) is 57.2 Å². The lowest BCUT2D eigenvalue weighted by Crippen LogP contribution is -2.45. The van der Waals surface area contributed by atoms with Gasteiger partial charge >= 0.3 is 0 Å². The zero-order valence-corrected chi connectivity index (χ0v) is 20.4. The van der Waals surface area contributed by atoms with E-state index in [9.17, 15) is 4.79 Å². The van der Waals surface area contributed by atoms with Crippen LogP contribution < -0.4 is 0 Å². The molecule has 1 aromatic rings. The standard InChI is InChI=1S/C28H43N3O/c1-29(2)15-8-16-31(28(32)19-23-9-4-3-5-10-23)22-24-13-17-30(18-14-24)27-20-25-11-6-7-12-26(25)21-27/h6-7,9,11-12,24,27H,3-5,8,10,13-22H2,1-2H3. The Labute approximate surface area is 195 Å². The van der Waals surface area contributed by atoms with E-state index < -0.39 is 0 Å². The minimum absolute atomic E-state index is 0.366. The number of fused-ring (bicyclic) bond motifs is 1. The highest BCUT2D eigenvalue weighted by Gasteiger charge is 2.30. The lowest BCUT2D eigenvalue weighted by atomic mass is 9.93. The lowest BCUT2D eigenvalue weighted by Gasteiger charge is -2.38. The van der Waals surface area contributed by atoms with Crippen LogP contribution in [0.2, 0.25) is 0 Å². The van der Waals surface area contributed by atoms with Crippen molar-refractivity contribution in [2.45, 2.75) is 70.3 Å². The van der Waals surface area contributed by atoms with E-state index in [4.69, 9.17) is 0 Å². The van der Waals surface area contributed by atoms with Crippen LogP contribution in [0.5, 0.6) is 0 Å². The molecule has 0 aromatic heterocycles. The molecule has 32 heavy (non-hydrogen) atoms. The first-order chi connectivity index (χ1) is 15.6. The van der Waals surface area contributed by atoms with Gasteiger partial charge in [-0.2, -0.15) is 0 Å². The largest absolute Gasteiger partial charge is 0.342 e. The van der Waals surface area contributed by atoms with E-state index in [1.54, 1.807) is 11.1 Å². The maximum atomic E-state index is 13.2. The quantitative estimate of drug-likeness (QED) is 0.531. The number of piperidine rings is 1. The van der Waals surface area contributed by atoms with Crippen molar-refractivity contribution in [3.63, 3.8) is 0 Å². The molecule has 0 radical (unpaired) electrons. The topological polar surface area (TPSA) is 26.8 Å². The first-order valence-corrected chi connectivity index (χ1v) is 13.0. The third kappa shape index (κ3) is 6.45. The molecule has 0 saturated carbocycles. The molecule has 3 aliphatic rings. The fraction of sp³-hybridized carbons (Fsp3) is 0.679. The van der Waals surface area contributed by atoms with Gasteiger partial charge < -0.3 is 9.80 Å². The zero-order chi connectivity index (χ0) is 22.3. The number of nitrogens with zero attached hydrogens (tertiary/aromatic N) is 3. The number of carbonyl (C=O) groups is 1. The Morgan fingerprint density at radius 2 is 1.75 bits per heavy atom. The van der Waals surface area contributed by atoms with Gasteiger partial charge in [0.05, 0.1) is 0 Å². The molecule has 1 saturated heterocycles. The van der Waals surface area contributed by atoms with Crippen molar-refractivity contribution in [3.8, 4) is 0 Å². The number of hydrogen-bond acceptors (Lipinski definition) is 3. The second-order valence-electron chi connectivity index (χ2n) is 10.6. The Hall–Kier alpha value is -1.65. The molecule has 0 atom stereocenters. The number of benzene rings is 1. The first kappa shape index (κ1) is 23.5.